The fourth-order valence-corrected chi connectivity index (χ4v) is 2.05. The van der Waals surface area contributed by atoms with Gasteiger partial charge < -0.3 is 10.1 Å². The van der Waals surface area contributed by atoms with Crippen molar-refractivity contribution >= 4 is 11.6 Å². The first kappa shape index (κ1) is 14.5. The summed E-state index contributed by atoms with van der Waals surface area (Å²) < 4.78 is 5.15. The third-order valence-electron chi connectivity index (χ3n) is 2.72. The van der Waals surface area contributed by atoms with E-state index < -0.39 is 0 Å². The SMILES string of the molecule is CCCNC(CCOC)Cc1cccc(Cl)c1. The lowest BCUT2D eigenvalue weighted by Crippen LogP contribution is -2.32. The van der Waals surface area contributed by atoms with Crippen molar-refractivity contribution in [2.24, 2.45) is 0 Å². The third kappa shape index (κ3) is 6.06. The van der Waals surface area contributed by atoms with Gasteiger partial charge in [-0.2, -0.15) is 0 Å². The van der Waals surface area contributed by atoms with Crippen LogP contribution in [-0.4, -0.2) is 26.3 Å². The molecule has 0 amide bonds. The number of rotatable bonds is 8. The molecule has 0 aromatic heterocycles. The zero-order valence-electron chi connectivity index (χ0n) is 10.7. The van der Waals surface area contributed by atoms with Crippen LogP contribution in [0.1, 0.15) is 25.3 Å². The van der Waals surface area contributed by atoms with E-state index in [0.717, 1.165) is 37.4 Å². The first-order chi connectivity index (χ1) is 8.26. The number of methoxy groups -OCH3 is 1. The maximum atomic E-state index is 5.99. The Bertz CT molecular complexity index is 309. The third-order valence-corrected chi connectivity index (χ3v) is 2.96. The summed E-state index contributed by atoms with van der Waals surface area (Å²) in [5.41, 5.74) is 1.28. The lowest BCUT2D eigenvalue weighted by Gasteiger charge is -2.18. The summed E-state index contributed by atoms with van der Waals surface area (Å²) in [5.74, 6) is 0. The van der Waals surface area contributed by atoms with E-state index in [9.17, 15) is 0 Å². The van der Waals surface area contributed by atoms with E-state index in [0.29, 0.717) is 6.04 Å². The molecule has 0 saturated heterocycles. The minimum absolute atomic E-state index is 0.466. The van der Waals surface area contributed by atoms with Crippen molar-refractivity contribution in [2.45, 2.75) is 32.2 Å². The molecule has 0 aliphatic rings. The van der Waals surface area contributed by atoms with Crippen LogP contribution in [0.5, 0.6) is 0 Å². The van der Waals surface area contributed by atoms with Gasteiger partial charge in [-0.05, 0) is 43.5 Å². The van der Waals surface area contributed by atoms with Crippen LogP contribution in [0.15, 0.2) is 24.3 Å². The maximum Gasteiger partial charge on any atom is 0.0477 e. The Kier molecular flexibility index (Phi) is 7.25. The smallest absolute Gasteiger partial charge is 0.0477 e. The predicted molar refractivity (Wildman–Crippen MR) is 73.7 cm³/mol. The molecule has 2 nitrogen and oxygen atoms in total. The van der Waals surface area contributed by atoms with E-state index in [4.69, 9.17) is 16.3 Å². The van der Waals surface area contributed by atoms with E-state index >= 15 is 0 Å². The molecular weight excluding hydrogens is 234 g/mol. The van der Waals surface area contributed by atoms with Crippen LogP contribution in [-0.2, 0) is 11.2 Å². The van der Waals surface area contributed by atoms with E-state index in [1.807, 2.05) is 18.2 Å². The first-order valence-electron chi connectivity index (χ1n) is 6.23. The molecule has 1 atom stereocenters. The molecule has 1 aromatic carbocycles. The standard InChI is InChI=1S/C14H22ClNO/c1-3-8-16-14(7-9-17-2)11-12-5-4-6-13(15)10-12/h4-6,10,14,16H,3,7-9,11H2,1-2H3. The number of halogens is 1. The van der Waals surface area contributed by atoms with Gasteiger partial charge in [0.15, 0.2) is 0 Å². The second kappa shape index (κ2) is 8.51. The lowest BCUT2D eigenvalue weighted by molar-refractivity contribution is 0.182. The first-order valence-corrected chi connectivity index (χ1v) is 6.60. The quantitative estimate of drug-likeness (QED) is 0.770. The Balaban J connectivity index is 2.51. The zero-order valence-corrected chi connectivity index (χ0v) is 11.5. The van der Waals surface area contributed by atoms with Crippen molar-refractivity contribution in [2.75, 3.05) is 20.3 Å². The van der Waals surface area contributed by atoms with E-state index in [-0.39, 0.29) is 0 Å². The Morgan fingerprint density at radius 2 is 2.24 bits per heavy atom. The molecule has 0 bridgehead atoms. The number of benzene rings is 1. The minimum atomic E-state index is 0.466. The van der Waals surface area contributed by atoms with E-state index in [1.165, 1.54) is 5.56 Å². The molecule has 0 radical (unpaired) electrons. The van der Waals surface area contributed by atoms with Gasteiger partial charge in [0.1, 0.15) is 0 Å². The van der Waals surface area contributed by atoms with Crippen molar-refractivity contribution in [1.82, 2.24) is 5.32 Å². The van der Waals surface area contributed by atoms with Crippen molar-refractivity contribution in [3.05, 3.63) is 34.9 Å². The number of hydrogen-bond acceptors (Lipinski definition) is 2. The molecule has 0 fully saturated rings. The van der Waals surface area contributed by atoms with Crippen molar-refractivity contribution in [1.29, 1.82) is 0 Å². The van der Waals surface area contributed by atoms with Gasteiger partial charge >= 0.3 is 0 Å². The summed E-state index contributed by atoms with van der Waals surface area (Å²) in [4.78, 5) is 0. The summed E-state index contributed by atoms with van der Waals surface area (Å²) in [5, 5.41) is 4.36. The molecular formula is C14H22ClNO. The van der Waals surface area contributed by atoms with Crippen LogP contribution in [0.25, 0.3) is 0 Å². The minimum Gasteiger partial charge on any atom is -0.385 e. The van der Waals surface area contributed by atoms with Crippen LogP contribution >= 0.6 is 11.6 Å². The van der Waals surface area contributed by atoms with Gasteiger partial charge in [-0.3, -0.25) is 0 Å². The zero-order chi connectivity index (χ0) is 12.5. The topological polar surface area (TPSA) is 21.3 Å². The molecule has 17 heavy (non-hydrogen) atoms. The molecule has 0 aliphatic heterocycles. The Morgan fingerprint density at radius 3 is 2.88 bits per heavy atom. The number of nitrogens with one attached hydrogen (secondary N) is 1. The van der Waals surface area contributed by atoms with Gasteiger partial charge in [0.25, 0.3) is 0 Å². The molecule has 96 valence electrons. The van der Waals surface area contributed by atoms with E-state index in [2.05, 4.69) is 18.3 Å². The molecule has 0 spiro atoms. The summed E-state index contributed by atoms with van der Waals surface area (Å²) in [6.45, 7) is 4.02. The molecule has 1 rings (SSSR count). The summed E-state index contributed by atoms with van der Waals surface area (Å²) in [6, 6.07) is 8.54. The Labute approximate surface area is 109 Å². The van der Waals surface area contributed by atoms with Gasteiger partial charge in [-0.1, -0.05) is 30.7 Å². The molecule has 1 aromatic rings. The molecule has 0 saturated carbocycles. The second-order valence-electron chi connectivity index (χ2n) is 4.27. The van der Waals surface area contributed by atoms with Crippen molar-refractivity contribution < 1.29 is 4.74 Å². The largest absolute Gasteiger partial charge is 0.385 e. The van der Waals surface area contributed by atoms with Crippen LogP contribution in [0.4, 0.5) is 0 Å². The summed E-state index contributed by atoms with van der Waals surface area (Å²) >= 11 is 5.99. The fraction of sp³-hybridized carbons (Fsp3) is 0.571. The normalized spacial score (nSPS) is 12.6. The highest BCUT2D eigenvalue weighted by atomic mass is 35.5. The van der Waals surface area contributed by atoms with Crippen LogP contribution < -0.4 is 5.32 Å². The number of ether oxygens (including phenoxy) is 1. The highest BCUT2D eigenvalue weighted by molar-refractivity contribution is 6.30. The van der Waals surface area contributed by atoms with Gasteiger partial charge in [0.05, 0.1) is 0 Å². The van der Waals surface area contributed by atoms with Crippen LogP contribution in [0, 0.1) is 0 Å². The van der Waals surface area contributed by atoms with Gasteiger partial charge in [0, 0.05) is 24.8 Å². The Hall–Kier alpha value is -0.570. The monoisotopic (exact) mass is 255 g/mol. The Morgan fingerprint density at radius 1 is 1.41 bits per heavy atom. The average molecular weight is 256 g/mol. The highest BCUT2D eigenvalue weighted by Crippen LogP contribution is 2.13. The van der Waals surface area contributed by atoms with E-state index in [1.54, 1.807) is 7.11 Å². The van der Waals surface area contributed by atoms with Crippen LogP contribution in [0.2, 0.25) is 5.02 Å². The lowest BCUT2D eigenvalue weighted by atomic mass is 10.0. The maximum absolute atomic E-state index is 5.99. The second-order valence-corrected chi connectivity index (χ2v) is 4.70. The van der Waals surface area contributed by atoms with Crippen molar-refractivity contribution in [3.63, 3.8) is 0 Å². The molecule has 0 heterocycles. The molecule has 0 aliphatic carbocycles. The summed E-state index contributed by atoms with van der Waals surface area (Å²) in [7, 11) is 1.75. The van der Waals surface area contributed by atoms with Crippen LogP contribution in [0.3, 0.4) is 0 Å². The predicted octanol–water partition coefficient (Wildman–Crippen LogP) is 3.29. The average Bonchev–Trinajstić information content (AvgIpc) is 2.32. The van der Waals surface area contributed by atoms with Gasteiger partial charge in [0.2, 0.25) is 0 Å². The molecule has 1 N–H and O–H groups in total. The van der Waals surface area contributed by atoms with Gasteiger partial charge in [-0.15, -0.1) is 0 Å². The molecule has 3 heteroatoms. The summed E-state index contributed by atoms with van der Waals surface area (Å²) in [6.07, 6.45) is 3.19. The van der Waals surface area contributed by atoms with Crippen molar-refractivity contribution in [3.8, 4) is 0 Å². The fourth-order valence-electron chi connectivity index (χ4n) is 1.83. The highest BCUT2D eigenvalue weighted by Gasteiger charge is 2.08. The van der Waals surface area contributed by atoms with Gasteiger partial charge in [-0.25, -0.2) is 0 Å². The number of hydrogen-bond donors (Lipinski definition) is 1. The molecule has 1 unspecified atom stereocenters.